The Bertz CT molecular complexity index is 777. The van der Waals surface area contributed by atoms with Gasteiger partial charge in [0, 0.05) is 31.4 Å². The van der Waals surface area contributed by atoms with E-state index in [2.05, 4.69) is 32.2 Å². The van der Waals surface area contributed by atoms with Gasteiger partial charge in [-0.15, -0.1) is 0 Å². The Hall–Kier alpha value is -2.56. The fraction of sp³-hybridized carbons (Fsp3) is 0.0769. The average molecular weight is 237 g/mol. The number of fused-ring (bicyclic) bond motifs is 2. The summed E-state index contributed by atoms with van der Waals surface area (Å²) in [6.07, 6.45) is 10.0. The van der Waals surface area contributed by atoms with Crippen LogP contribution in [0.1, 0.15) is 18.2 Å². The minimum atomic E-state index is 0. The summed E-state index contributed by atoms with van der Waals surface area (Å²) in [6.45, 7) is 0. The molecule has 0 bridgehead atoms. The fourth-order valence-electron chi connectivity index (χ4n) is 2.30. The minimum absolute atomic E-state index is 0. The third-order valence-electron chi connectivity index (χ3n) is 3.17. The van der Waals surface area contributed by atoms with Crippen LogP contribution >= 0.6 is 0 Å². The summed E-state index contributed by atoms with van der Waals surface area (Å²) in [5.41, 5.74) is 5.32. The van der Waals surface area contributed by atoms with E-state index in [9.17, 15) is 0 Å². The largest absolute Gasteiger partial charge is 0.244 e. The van der Waals surface area contributed by atoms with Crippen molar-refractivity contribution in [3.05, 3.63) is 60.1 Å². The number of allylic oxidation sites excluding steroid dienone is 1. The number of nitrogens with zero attached hydrogens (tertiary/aromatic N) is 5. The van der Waals surface area contributed by atoms with Gasteiger partial charge in [0.2, 0.25) is 0 Å². The highest BCUT2D eigenvalue weighted by molar-refractivity contribution is 5.83. The molecule has 3 heterocycles. The molecule has 18 heavy (non-hydrogen) atoms. The molecule has 4 rings (SSSR count). The van der Waals surface area contributed by atoms with Gasteiger partial charge in [0.1, 0.15) is 12.7 Å². The van der Waals surface area contributed by atoms with Crippen LogP contribution in [-0.4, -0.2) is 24.6 Å². The second-order valence-corrected chi connectivity index (χ2v) is 4.19. The van der Waals surface area contributed by atoms with Gasteiger partial charge in [-0.2, -0.15) is 5.10 Å². The molecule has 1 aliphatic rings. The Balaban J connectivity index is 0.00000110. The SMILES string of the molecule is C1=C(c2ccc3ncnn3c2)c2cncnc2C1.[HH]. The van der Waals surface area contributed by atoms with Crippen LogP contribution in [0.2, 0.25) is 0 Å². The van der Waals surface area contributed by atoms with E-state index in [4.69, 9.17) is 0 Å². The fourth-order valence-corrected chi connectivity index (χ4v) is 2.30. The molecule has 0 aromatic carbocycles. The highest BCUT2D eigenvalue weighted by Crippen LogP contribution is 2.30. The van der Waals surface area contributed by atoms with Gasteiger partial charge in [-0.3, -0.25) is 0 Å². The lowest BCUT2D eigenvalue weighted by Gasteiger charge is -2.05. The first-order valence-electron chi connectivity index (χ1n) is 5.71. The summed E-state index contributed by atoms with van der Waals surface area (Å²) in [4.78, 5) is 12.5. The first kappa shape index (κ1) is 9.47. The lowest BCUT2D eigenvalue weighted by atomic mass is 10.0. The van der Waals surface area contributed by atoms with E-state index in [1.54, 1.807) is 17.2 Å². The number of hydrogen-bond acceptors (Lipinski definition) is 4. The third-order valence-corrected chi connectivity index (χ3v) is 3.17. The highest BCUT2D eigenvalue weighted by Gasteiger charge is 2.17. The molecule has 0 saturated heterocycles. The molecule has 1 aliphatic carbocycles. The van der Waals surface area contributed by atoms with Crippen molar-refractivity contribution in [2.24, 2.45) is 0 Å². The summed E-state index contributed by atoms with van der Waals surface area (Å²) in [5, 5.41) is 4.15. The Morgan fingerprint density at radius 1 is 1.17 bits per heavy atom. The molecule has 0 radical (unpaired) electrons. The van der Waals surface area contributed by atoms with E-state index in [1.165, 1.54) is 5.57 Å². The lowest BCUT2D eigenvalue weighted by Crippen LogP contribution is -1.94. The van der Waals surface area contributed by atoms with Gasteiger partial charge >= 0.3 is 0 Å². The van der Waals surface area contributed by atoms with Gasteiger partial charge in [-0.25, -0.2) is 19.5 Å². The standard InChI is InChI=1S/C13H9N5.H2/c1-4-13-16-8-17-18(13)6-9(1)10-2-3-12-11(10)5-14-7-15-12;/h1-2,4-8H,3H2;1H. The van der Waals surface area contributed by atoms with Crippen molar-refractivity contribution in [3.8, 4) is 0 Å². The van der Waals surface area contributed by atoms with Gasteiger partial charge in [0.05, 0.1) is 5.69 Å². The molecule has 0 atom stereocenters. The molecule has 0 amide bonds. The predicted molar refractivity (Wildman–Crippen MR) is 67.9 cm³/mol. The molecule has 0 saturated carbocycles. The maximum atomic E-state index is 4.29. The van der Waals surface area contributed by atoms with Crippen LogP contribution in [0.15, 0.2) is 43.3 Å². The molecule has 5 nitrogen and oxygen atoms in total. The topological polar surface area (TPSA) is 56.0 Å². The van der Waals surface area contributed by atoms with Crippen molar-refractivity contribution in [1.82, 2.24) is 24.6 Å². The van der Waals surface area contributed by atoms with E-state index in [1.807, 2.05) is 18.5 Å². The third kappa shape index (κ3) is 1.27. The number of aromatic nitrogens is 5. The van der Waals surface area contributed by atoms with Gasteiger partial charge in [0.15, 0.2) is 5.65 Å². The van der Waals surface area contributed by atoms with E-state index < -0.39 is 0 Å². The maximum Gasteiger partial charge on any atom is 0.155 e. The Morgan fingerprint density at radius 3 is 3.17 bits per heavy atom. The van der Waals surface area contributed by atoms with Crippen molar-refractivity contribution in [2.45, 2.75) is 6.42 Å². The van der Waals surface area contributed by atoms with Gasteiger partial charge < -0.3 is 0 Å². The van der Waals surface area contributed by atoms with Crippen LogP contribution in [0.4, 0.5) is 0 Å². The first-order valence-corrected chi connectivity index (χ1v) is 5.71. The molecule has 88 valence electrons. The van der Waals surface area contributed by atoms with Crippen molar-refractivity contribution >= 4 is 11.2 Å². The lowest BCUT2D eigenvalue weighted by molar-refractivity contribution is 0.957. The molecule has 0 unspecified atom stereocenters. The molecule has 0 spiro atoms. The van der Waals surface area contributed by atoms with Crippen molar-refractivity contribution in [1.29, 1.82) is 0 Å². The van der Waals surface area contributed by atoms with Crippen LogP contribution in [0.3, 0.4) is 0 Å². The van der Waals surface area contributed by atoms with E-state index in [0.29, 0.717) is 0 Å². The number of rotatable bonds is 1. The molecule has 5 heteroatoms. The van der Waals surface area contributed by atoms with Crippen molar-refractivity contribution < 1.29 is 1.43 Å². The average Bonchev–Trinajstić information content (AvgIpc) is 3.04. The molecular formula is C13H11N5. The molecule has 3 aromatic heterocycles. The van der Waals surface area contributed by atoms with Crippen LogP contribution in [0.25, 0.3) is 11.2 Å². The highest BCUT2D eigenvalue weighted by atomic mass is 15.3. The molecular weight excluding hydrogens is 226 g/mol. The Labute approximate surface area is 104 Å². The number of pyridine rings is 1. The zero-order valence-electron chi connectivity index (χ0n) is 9.48. The van der Waals surface area contributed by atoms with Crippen LogP contribution < -0.4 is 0 Å². The summed E-state index contributed by atoms with van der Waals surface area (Å²) in [5.74, 6) is 0. The van der Waals surface area contributed by atoms with E-state index in [-0.39, 0.29) is 1.43 Å². The van der Waals surface area contributed by atoms with E-state index >= 15 is 0 Å². The van der Waals surface area contributed by atoms with Crippen LogP contribution in [0.5, 0.6) is 0 Å². The van der Waals surface area contributed by atoms with Crippen LogP contribution in [0, 0.1) is 0 Å². The van der Waals surface area contributed by atoms with Crippen LogP contribution in [-0.2, 0) is 6.42 Å². The van der Waals surface area contributed by atoms with Crippen molar-refractivity contribution in [3.63, 3.8) is 0 Å². The molecule has 0 N–H and O–H groups in total. The monoisotopic (exact) mass is 237 g/mol. The van der Waals surface area contributed by atoms with Gasteiger partial charge in [-0.1, -0.05) is 6.08 Å². The molecule has 0 aliphatic heterocycles. The second-order valence-electron chi connectivity index (χ2n) is 4.19. The van der Waals surface area contributed by atoms with E-state index in [0.717, 1.165) is 28.9 Å². The smallest absolute Gasteiger partial charge is 0.155 e. The molecule has 3 aromatic rings. The van der Waals surface area contributed by atoms with Crippen molar-refractivity contribution in [2.75, 3.05) is 0 Å². The Kier molecular flexibility index (Phi) is 1.82. The Morgan fingerprint density at radius 2 is 2.17 bits per heavy atom. The molecule has 0 fully saturated rings. The zero-order chi connectivity index (χ0) is 11.9. The quantitative estimate of drug-likeness (QED) is 0.647. The summed E-state index contributed by atoms with van der Waals surface area (Å²) < 4.78 is 1.78. The van der Waals surface area contributed by atoms with Gasteiger partial charge in [0.25, 0.3) is 0 Å². The van der Waals surface area contributed by atoms with Gasteiger partial charge in [-0.05, 0) is 17.7 Å². The zero-order valence-corrected chi connectivity index (χ0v) is 9.48. The normalized spacial score (nSPS) is 13.7. The number of hydrogen-bond donors (Lipinski definition) is 0. The summed E-state index contributed by atoms with van der Waals surface area (Å²) >= 11 is 0. The second kappa shape index (κ2) is 3.46. The first-order chi connectivity index (χ1) is 8.92. The predicted octanol–water partition coefficient (Wildman–Crippen LogP) is 1.75. The minimum Gasteiger partial charge on any atom is -0.244 e. The summed E-state index contributed by atoms with van der Waals surface area (Å²) in [6, 6.07) is 4.02. The summed E-state index contributed by atoms with van der Waals surface area (Å²) in [7, 11) is 0. The maximum absolute atomic E-state index is 4.29.